The molecule has 3 heterocycles. The van der Waals surface area contributed by atoms with Crippen molar-refractivity contribution in [1.82, 2.24) is 9.88 Å². The molecule has 0 fully saturated rings. The first-order chi connectivity index (χ1) is 33.7. The van der Waals surface area contributed by atoms with E-state index in [0.29, 0.717) is 5.84 Å². The molecule has 5 nitrogen and oxygen atoms in total. The fourth-order valence-electron chi connectivity index (χ4n) is 10.6. The number of rotatable bonds is 6. The number of nitrogens with one attached hydrogen (secondary N) is 1. The van der Waals surface area contributed by atoms with Crippen molar-refractivity contribution >= 4 is 87.7 Å². The number of benzene rings is 11. The third-order valence-electron chi connectivity index (χ3n) is 13.8. The molecule has 11 aromatic carbocycles. The molecule has 1 aliphatic rings. The Kier molecular flexibility index (Phi) is 8.58. The first-order valence-corrected chi connectivity index (χ1v) is 23.2. The van der Waals surface area contributed by atoms with E-state index in [9.17, 15) is 0 Å². The number of nitrogens with zero attached hydrogens (tertiary/aromatic N) is 3. The van der Waals surface area contributed by atoms with Crippen molar-refractivity contribution in [2.75, 3.05) is 0 Å². The maximum absolute atomic E-state index is 6.72. The summed E-state index contributed by atoms with van der Waals surface area (Å²) in [6.07, 6.45) is -0.340. The van der Waals surface area contributed by atoms with Crippen molar-refractivity contribution in [2.45, 2.75) is 6.17 Å². The van der Waals surface area contributed by atoms with Crippen LogP contribution in [0.15, 0.2) is 245 Å². The number of fused-ring (bicyclic) bond motifs is 12. The van der Waals surface area contributed by atoms with Gasteiger partial charge < -0.3 is 14.3 Å². The lowest BCUT2D eigenvalue weighted by Gasteiger charge is -2.23. The molecule has 318 valence electrons. The van der Waals surface area contributed by atoms with Crippen LogP contribution in [0.5, 0.6) is 0 Å². The van der Waals surface area contributed by atoms with Gasteiger partial charge in [-0.05, 0) is 121 Å². The van der Waals surface area contributed by atoms with E-state index in [2.05, 4.69) is 234 Å². The van der Waals surface area contributed by atoms with Crippen LogP contribution in [0.25, 0.3) is 104 Å². The zero-order valence-corrected chi connectivity index (χ0v) is 36.8. The molecule has 0 spiro atoms. The number of furan rings is 1. The topological polar surface area (TPSA) is 54.8 Å². The molecule has 0 bridgehead atoms. The summed E-state index contributed by atoms with van der Waals surface area (Å²) in [4.78, 5) is 10.5. The van der Waals surface area contributed by atoms with Crippen LogP contribution in [0.1, 0.15) is 22.9 Å². The zero-order chi connectivity index (χ0) is 44.7. The highest BCUT2D eigenvalue weighted by Crippen LogP contribution is 2.39. The van der Waals surface area contributed by atoms with Gasteiger partial charge in [0.25, 0.3) is 0 Å². The summed E-state index contributed by atoms with van der Waals surface area (Å²) in [6.45, 7) is 0. The fraction of sp³-hybridized carbons (Fsp3) is 0.0159. The lowest BCUT2D eigenvalue weighted by molar-refractivity contribution is 0.666. The fourth-order valence-corrected chi connectivity index (χ4v) is 10.6. The normalized spacial score (nSPS) is 14.0. The van der Waals surface area contributed by atoms with E-state index in [0.717, 1.165) is 72.3 Å². The quantitative estimate of drug-likeness (QED) is 0.169. The second-order valence-electron chi connectivity index (χ2n) is 17.7. The van der Waals surface area contributed by atoms with Crippen molar-refractivity contribution in [3.05, 3.63) is 247 Å². The Bertz CT molecular complexity index is 4200. The lowest BCUT2D eigenvalue weighted by Crippen LogP contribution is -2.33. The molecule has 1 unspecified atom stereocenters. The van der Waals surface area contributed by atoms with Gasteiger partial charge >= 0.3 is 0 Å². The first-order valence-electron chi connectivity index (χ1n) is 23.2. The van der Waals surface area contributed by atoms with Crippen LogP contribution in [0.2, 0.25) is 0 Å². The van der Waals surface area contributed by atoms with E-state index >= 15 is 0 Å². The number of hydrogen-bond acceptors (Lipinski definition) is 4. The predicted molar refractivity (Wildman–Crippen MR) is 283 cm³/mol. The van der Waals surface area contributed by atoms with E-state index in [1.807, 2.05) is 6.07 Å². The highest BCUT2D eigenvalue weighted by molar-refractivity contribution is 6.26. The number of aliphatic imine (C=N–C) groups is 2. The average Bonchev–Trinajstić information content (AvgIpc) is 3.96. The van der Waals surface area contributed by atoms with Crippen molar-refractivity contribution in [1.29, 1.82) is 0 Å². The predicted octanol–water partition coefficient (Wildman–Crippen LogP) is 16.0. The Hall–Kier alpha value is -9.06. The Morgan fingerprint density at radius 1 is 0.353 bits per heavy atom. The van der Waals surface area contributed by atoms with Crippen LogP contribution in [0, 0.1) is 0 Å². The van der Waals surface area contributed by atoms with E-state index in [1.54, 1.807) is 0 Å². The van der Waals surface area contributed by atoms with Gasteiger partial charge in [0, 0.05) is 38.4 Å². The maximum Gasteiger partial charge on any atom is 0.159 e. The molecular formula is C63H40N4O. The summed E-state index contributed by atoms with van der Waals surface area (Å²) in [7, 11) is 0. The molecule has 0 saturated heterocycles. The van der Waals surface area contributed by atoms with Gasteiger partial charge in [0.05, 0.1) is 11.0 Å². The van der Waals surface area contributed by atoms with Crippen LogP contribution < -0.4 is 5.32 Å². The van der Waals surface area contributed by atoms with Gasteiger partial charge in [-0.3, -0.25) is 0 Å². The molecule has 2 aromatic heterocycles. The minimum absolute atomic E-state index is 0.340. The van der Waals surface area contributed by atoms with E-state index in [-0.39, 0.29) is 6.17 Å². The van der Waals surface area contributed by atoms with E-state index in [1.165, 1.54) is 54.2 Å². The van der Waals surface area contributed by atoms with Crippen LogP contribution in [-0.4, -0.2) is 16.2 Å². The van der Waals surface area contributed by atoms with Crippen molar-refractivity contribution in [3.63, 3.8) is 0 Å². The van der Waals surface area contributed by atoms with Crippen LogP contribution in [0.4, 0.5) is 0 Å². The summed E-state index contributed by atoms with van der Waals surface area (Å²) in [6, 6.07) is 82.3. The third-order valence-corrected chi connectivity index (χ3v) is 13.8. The van der Waals surface area contributed by atoms with Gasteiger partial charge in [-0.1, -0.05) is 170 Å². The minimum atomic E-state index is -0.340. The van der Waals surface area contributed by atoms with Crippen molar-refractivity contribution in [3.8, 4) is 27.9 Å². The Morgan fingerprint density at radius 2 is 0.853 bits per heavy atom. The van der Waals surface area contributed by atoms with Gasteiger partial charge in [-0.15, -0.1) is 0 Å². The van der Waals surface area contributed by atoms with E-state index in [4.69, 9.17) is 14.4 Å². The Labute approximate surface area is 391 Å². The third kappa shape index (κ3) is 6.17. The van der Waals surface area contributed by atoms with Gasteiger partial charge in [0.2, 0.25) is 0 Å². The largest absolute Gasteiger partial charge is 0.456 e. The molecule has 0 amide bonds. The van der Waals surface area contributed by atoms with Crippen LogP contribution in [0.3, 0.4) is 0 Å². The Balaban J connectivity index is 0.832. The number of hydrogen-bond donors (Lipinski definition) is 1. The second-order valence-corrected chi connectivity index (χ2v) is 17.7. The highest BCUT2D eigenvalue weighted by atomic mass is 16.3. The molecule has 68 heavy (non-hydrogen) atoms. The summed E-state index contributed by atoms with van der Waals surface area (Å²) in [5.41, 5.74) is 12.5. The molecule has 0 aliphatic carbocycles. The minimum Gasteiger partial charge on any atom is -0.456 e. The molecule has 1 N–H and O–H groups in total. The molecule has 0 saturated carbocycles. The number of aromatic nitrogens is 1. The molecule has 1 atom stereocenters. The smallest absolute Gasteiger partial charge is 0.159 e. The monoisotopic (exact) mass is 868 g/mol. The summed E-state index contributed by atoms with van der Waals surface area (Å²) in [5.74, 6) is 1.41. The van der Waals surface area contributed by atoms with E-state index < -0.39 is 0 Å². The summed E-state index contributed by atoms with van der Waals surface area (Å²) in [5, 5.41) is 15.9. The number of amidine groups is 2. The van der Waals surface area contributed by atoms with Gasteiger partial charge in [-0.25, -0.2) is 9.98 Å². The summed E-state index contributed by atoms with van der Waals surface area (Å²) >= 11 is 0. The molecule has 1 aliphatic heterocycles. The SMILES string of the molecule is c1ccc(C2N=C(c3ccc4c5ccccc5n(-c5ccccc5)c4c3)N=C(c3ccc4c(c3)oc3cc(-c5cccc(-c6ccc7c8ccccc8c8ccccc8c7c6)c5)ccc34)N2)cc1. The molecular weight excluding hydrogens is 829 g/mol. The van der Waals surface area contributed by atoms with Crippen molar-refractivity contribution < 1.29 is 4.42 Å². The highest BCUT2D eigenvalue weighted by Gasteiger charge is 2.23. The molecule has 13 aromatic rings. The van der Waals surface area contributed by atoms with Crippen LogP contribution >= 0.6 is 0 Å². The Morgan fingerprint density at radius 3 is 1.56 bits per heavy atom. The van der Waals surface area contributed by atoms with Gasteiger partial charge in [0.15, 0.2) is 5.84 Å². The molecule has 0 radical (unpaired) electrons. The second kappa shape index (κ2) is 15.3. The molecule has 5 heteroatoms. The van der Waals surface area contributed by atoms with Gasteiger partial charge in [0.1, 0.15) is 23.2 Å². The van der Waals surface area contributed by atoms with Crippen molar-refractivity contribution in [2.24, 2.45) is 9.98 Å². The standard InChI is InChI=1S/C63H40N4O/c1-3-14-39(15-4-1)61-64-62(44-28-31-53-52-24-11-12-25-57(52)67(58(53)36-44)46-18-5-2-6-19-46)66-63(65-61)45-29-33-55-54-32-27-43(37-59(54)68-60(55)38-45)41-17-13-16-40(34-41)42-26-30-51-49-22-8-7-20-47(49)48-21-9-10-23-50(48)56(51)35-42/h1-38,61H,(H,64,65,66). The summed E-state index contributed by atoms with van der Waals surface area (Å²) < 4.78 is 9.06. The average molecular weight is 869 g/mol. The maximum atomic E-state index is 6.72. The van der Waals surface area contributed by atoms with Crippen LogP contribution in [-0.2, 0) is 0 Å². The zero-order valence-electron chi connectivity index (χ0n) is 36.8. The first kappa shape index (κ1) is 38.2. The molecule has 14 rings (SSSR count). The number of para-hydroxylation sites is 2. The van der Waals surface area contributed by atoms with Gasteiger partial charge in [-0.2, -0.15) is 0 Å². The lowest BCUT2D eigenvalue weighted by atomic mass is 9.91.